The van der Waals surface area contributed by atoms with E-state index in [4.69, 9.17) is 0 Å². The monoisotopic (exact) mass is 449 g/mol. The SMILES string of the molecule is CN(C)c1ccc([C@H]2C[C@]3(C)[C@H](CC[C@@]3(O)CCCO)[C@H]3CCC4=CC(=O)CCC4=C23)cc1. The summed E-state index contributed by atoms with van der Waals surface area (Å²) in [5.74, 6) is 1.50. The number of aliphatic hydroxyl groups excluding tert-OH is 1. The minimum absolute atomic E-state index is 0.138. The maximum absolute atomic E-state index is 12.2. The van der Waals surface area contributed by atoms with Crippen LogP contribution in [0.1, 0.15) is 76.2 Å². The molecule has 33 heavy (non-hydrogen) atoms. The molecular weight excluding hydrogens is 410 g/mol. The van der Waals surface area contributed by atoms with E-state index in [2.05, 4.69) is 50.2 Å². The molecule has 1 aromatic carbocycles. The average Bonchev–Trinajstić information content (AvgIpc) is 3.07. The van der Waals surface area contributed by atoms with Crippen molar-refractivity contribution < 1.29 is 15.0 Å². The van der Waals surface area contributed by atoms with E-state index in [0.29, 0.717) is 31.1 Å². The predicted molar refractivity (Wildman–Crippen MR) is 132 cm³/mol. The highest BCUT2D eigenvalue weighted by molar-refractivity contribution is 5.93. The summed E-state index contributed by atoms with van der Waals surface area (Å²) >= 11 is 0. The Labute approximate surface area is 198 Å². The lowest BCUT2D eigenvalue weighted by Crippen LogP contribution is -2.51. The summed E-state index contributed by atoms with van der Waals surface area (Å²) < 4.78 is 0. The first-order valence-electron chi connectivity index (χ1n) is 12.8. The van der Waals surface area contributed by atoms with Gasteiger partial charge in [-0.3, -0.25) is 4.79 Å². The molecule has 0 unspecified atom stereocenters. The van der Waals surface area contributed by atoms with Crippen LogP contribution >= 0.6 is 0 Å². The molecule has 2 saturated carbocycles. The quantitative estimate of drug-likeness (QED) is 0.652. The third-order valence-electron chi connectivity index (χ3n) is 9.62. The van der Waals surface area contributed by atoms with E-state index < -0.39 is 5.60 Å². The van der Waals surface area contributed by atoms with Crippen molar-refractivity contribution in [3.8, 4) is 0 Å². The highest BCUT2D eigenvalue weighted by atomic mass is 16.3. The van der Waals surface area contributed by atoms with Crippen LogP contribution in [0.15, 0.2) is 47.1 Å². The second-order valence-electron chi connectivity index (χ2n) is 11.4. The van der Waals surface area contributed by atoms with E-state index >= 15 is 0 Å². The summed E-state index contributed by atoms with van der Waals surface area (Å²) in [5.41, 5.74) is 5.98. The number of aliphatic hydroxyl groups is 2. The van der Waals surface area contributed by atoms with E-state index in [-0.39, 0.29) is 23.7 Å². The molecule has 4 nitrogen and oxygen atoms in total. The number of carbonyl (C=O) groups excluding carboxylic acids is 1. The molecule has 0 heterocycles. The lowest BCUT2D eigenvalue weighted by Gasteiger charge is -2.55. The van der Waals surface area contributed by atoms with Crippen LogP contribution in [0.3, 0.4) is 0 Å². The highest BCUT2D eigenvalue weighted by Gasteiger charge is 2.62. The zero-order chi connectivity index (χ0) is 23.4. The van der Waals surface area contributed by atoms with E-state index in [1.807, 2.05) is 6.08 Å². The summed E-state index contributed by atoms with van der Waals surface area (Å²) in [6.45, 7) is 2.47. The Morgan fingerprint density at radius 2 is 1.85 bits per heavy atom. The van der Waals surface area contributed by atoms with Crippen molar-refractivity contribution in [2.24, 2.45) is 17.3 Å². The maximum atomic E-state index is 12.2. The van der Waals surface area contributed by atoms with Gasteiger partial charge in [-0.1, -0.05) is 24.6 Å². The summed E-state index contributed by atoms with van der Waals surface area (Å²) in [6, 6.07) is 8.98. The van der Waals surface area contributed by atoms with Gasteiger partial charge in [-0.15, -0.1) is 0 Å². The van der Waals surface area contributed by atoms with Gasteiger partial charge in [0.2, 0.25) is 0 Å². The minimum Gasteiger partial charge on any atom is -0.396 e. The van der Waals surface area contributed by atoms with Gasteiger partial charge in [-0.2, -0.15) is 0 Å². The first-order chi connectivity index (χ1) is 15.8. The van der Waals surface area contributed by atoms with Gasteiger partial charge in [-0.05, 0) is 98.1 Å². The Morgan fingerprint density at radius 1 is 1.09 bits per heavy atom. The first kappa shape index (κ1) is 22.9. The molecule has 4 heteroatoms. The fraction of sp³-hybridized carbons (Fsp3) is 0.621. The standard InChI is InChI=1S/C29H39NO3/c1-28-18-25(19-5-8-21(9-6-19)30(2)3)27-23-12-10-22(32)17-20(23)7-11-24(27)26(28)13-15-29(28,33)14-4-16-31/h5-6,8-9,17,24-26,31,33H,4,7,10-16,18H2,1-3H3/t24-,25-,26-,28-,29+/m1/s1. The molecule has 0 aromatic heterocycles. The van der Waals surface area contributed by atoms with Crippen molar-refractivity contribution in [1.82, 2.24) is 0 Å². The normalized spacial score (nSPS) is 35.6. The Balaban J connectivity index is 1.62. The number of rotatable bonds is 5. The Morgan fingerprint density at radius 3 is 2.55 bits per heavy atom. The number of anilines is 1. The van der Waals surface area contributed by atoms with Crippen LogP contribution in [0.4, 0.5) is 5.69 Å². The zero-order valence-corrected chi connectivity index (χ0v) is 20.4. The number of nitrogens with zero attached hydrogens (tertiary/aromatic N) is 1. The fourth-order valence-corrected chi connectivity index (χ4v) is 7.84. The molecule has 4 aliphatic carbocycles. The molecule has 2 N–H and O–H groups in total. The van der Waals surface area contributed by atoms with Crippen molar-refractivity contribution in [3.05, 3.63) is 52.6 Å². The molecular formula is C29H39NO3. The Bertz CT molecular complexity index is 991. The van der Waals surface area contributed by atoms with Crippen LogP contribution in [0.2, 0.25) is 0 Å². The summed E-state index contributed by atoms with van der Waals surface area (Å²) in [6.07, 6.45) is 9.68. The Kier molecular flexibility index (Phi) is 5.81. The second kappa shape index (κ2) is 8.39. The van der Waals surface area contributed by atoms with Crippen molar-refractivity contribution in [2.75, 3.05) is 25.6 Å². The molecule has 1 aromatic rings. The van der Waals surface area contributed by atoms with Gasteiger partial charge >= 0.3 is 0 Å². The van der Waals surface area contributed by atoms with Crippen LogP contribution in [-0.4, -0.2) is 42.3 Å². The first-order valence-corrected chi connectivity index (χ1v) is 12.8. The molecule has 2 fully saturated rings. The van der Waals surface area contributed by atoms with E-state index in [9.17, 15) is 15.0 Å². The zero-order valence-electron chi connectivity index (χ0n) is 20.4. The molecule has 0 aliphatic heterocycles. The van der Waals surface area contributed by atoms with Crippen LogP contribution in [0.5, 0.6) is 0 Å². The number of carbonyl (C=O) groups is 1. The molecule has 5 atom stereocenters. The van der Waals surface area contributed by atoms with Crippen molar-refractivity contribution in [3.63, 3.8) is 0 Å². The van der Waals surface area contributed by atoms with Gasteiger partial charge < -0.3 is 15.1 Å². The number of fused-ring (bicyclic) bond motifs is 4. The van der Waals surface area contributed by atoms with Gasteiger partial charge in [0.25, 0.3) is 0 Å². The average molecular weight is 450 g/mol. The predicted octanol–water partition coefficient (Wildman–Crippen LogP) is 5.16. The number of allylic oxidation sites excluding steroid dienone is 4. The van der Waals surface area contributed by atoms with E-state index in [1.165, 1.54) is 22.4 Å². The largest absolute Gasteiger partial charge is 0.396 e. The van der Waals surface area contributed by atoms with Gasteiger partial charge in [0.15, 0.2) is 5.78 Å². The number of benzene rings is 1. The number of hydrogen-bond acceptors (Lipinski definition) is 4. The fourth-order valence-electron chi connectivity index (χ4n) is 7.84. The van der Waals surface area contributed by atoms with Crippen LogP contribution < -0.4 is 4.90 Å². The maximum Gasteiger partial charge on any atom is 0.156 e. The second-order valence-corrected chi connectivity index (χ2v) is 11.4. The highest BCUT2D eigenvalue weighted by Crippen LogP contribution is 2.67. The topological polar surface area (TPSA) is 60.8 Å². The molecule has 0 spiro atoms. The molecule has 0 amide bonds. The molecule has 0 bridgehead atoms. The minimum atomic E-state index is -0.711. The third-order valence-corrected chi connectivity index (χ3v) is 9.62. The molecule has 0 saturated heterocycles. The van der Waals surface area contributed by atoms with E-state index in [0.717, 1.165) is 38.5 Å². The molecule has 5 rings (SSSR count). The van der Waals surface area contributed by atoms with Gasteiger partial charge in [-0.25, -0.2) is 0 Å². The molecule has 178 valence electrons. The molecule has 0 radical (unpaired) electrons. The number of ketones is 1. The van der Waals surface area contributed by atoms with E-state index in [1.54, 1.807) is 5.57 Å². The number of hydrogen-bond donors (Lipinski definition) is 2. The van der Waals surface area contributed by atoms with Crippen molar-refractivity contribution in [1.29, 1.82) is 0 Å². The summed E-state index contributed by atoms with van der Waals surface area (Å²) in [5, 5.41) is 21.4. The van der Waals surface area contributed by atoms with Gasteiger partial charge in [0.05, 0.1) is 5.60 Å². The van der Waals surface area contributed by atoms with Gasteiger partial charge in [0.1, 0.15) is 0 Å². The summed E-state index contributed by atoms with van der Waals surface area (Å²) in [4.78, 5) is 14.3. The van der Waals surface area contributed by atoms with Crippen LogP contribution in [0.25, 0.3) is 0 Å². The van der Waals surface area contributed by atoms with Crippen molar-refractivity contribution in [2.45, 2.75) is 76.2 Å². The molecule has 4 aliphatic rings. The van der Waals surface area contributed by atoms with Crippen molar-refractivity contribution >= 4 is 11.5 Å². The van der Waals surface area contributed by atoms with Crippen LogP contribution in [0, 0.1) is 17.3 Å². The van der Waals surface area contributed by atoms with Gasteiger partial charge in [0, 0.05) is 44.1 Å². The Hall–Kier alpha value is -1.91. The summed E-state index contributed by atoms with van der Waals surface area (Å²) in [7, 11) is 4.14. The third kappa shape index (κ3) is 3.61. The lowest BCUT2D eigenvalue weighted by atomic mass is 9.51. The lowest BCUT2D eigenvalue weighted by molar-refractivity contribution is -0.114. The smallest absolute Gasteiger partial charge is 0.156 e. The van der Waals surface area contributed by atoms with Crippen LogP contribution in [-0.2, 0) is 4.79 Å².